The molecule has 4 rings (SSSR count). The van der Waals surface area contributed by atoms with Crippen LogP contribution in [0.25, 0.3) is 28.0 Å². The van der Waals surface area contributed by atoms with Crippen LogP contribution in [0.2, 0.25) is 0 Å². The molecule has 0 bridgehead atoms. The van der Waals surface area contributed by atoms with Crippen molar-refractivity contribution in [1.29, 1.82) is 0 Å². The SMILES string of the molecule is CC(C)Oc1ccc(-c2ccn3c(-c4csc(C(=O)O)c4)cnc3c2)cc1. The van der Waals surface area contributed by atoms with E-state index in [0.717, 1.165) is 33.8 Å². The summed E-state index contributed by atoms with van der Waals surface area (Å²) in [7, 11) is 0. The maximum atomic E-state index is 11.1. The van der Waals surface area contributed by atoms with E-state index in [1.54, 1.807) is 12.3 Å². The third-order valence-corrected chi connectivity index (χ3v) is 5.10. The van der Waals surface area contributed by atoms with Crippen LogP contribution in [0.1, 0.15) is 23.5 Å². The van der Waals surface area contributed by atoms with Gasteiger partial charge >= 0.3 is 5.97 Å². The number of ether oxygens (including phenoxy) is 1. The minimum Gasteiger partial charge on any atom is -0.491 e. The molecule has 0 aliphatic rings. The molecule has 0 saturated heterocycles. The predicted octanol–water partition coefficient (Wildman–Crippen LogP) is 5.22. The van der Waals surface area contributed by atoms with E-state index in [2.05, 4.69) is 4.98 Å². The van der Waals surface area contributed by atoms with Gasteiger partial charge in [-0.15, -0.1) is 11.3 Å². The van der Waals surface area contributed by atoms with E-state index in [1.165, 1.54) is 11.3 Å². The lowest BCUT2D eigenvalue weighted by atomic mass is 10.1. The van der Waals surface area contributed by atoms with Crippen LogP contribution >= 0.6 is 11.3 Å². The Morgan fingerprint density at radius 1 is 1.11 bits per heavy atom. The summed E-state index contributed by atoms with van der Waals surface area (Å²) in [6.45, 7) is 4.01. The second-order valence-corrected chi connectivity index (χ2v) is 7.39. The van der Waals surface area contributed by atoms with Crippen molar-refractivity contribution in [3.63, 3.8) is 0 Å². The normalized spacial score (nSPS) is 11.2. The molecule has 0 aliphatic heterocycles. The van der Waals surface area contributed by atoms with E-state index in [0.29, 0.717) is 4.88 Å². The molecule has 3 aromatic heterocycles. The van der Waals surface area contributed by atoms with Crippen molar-refractivity contribution >= 4 is 23.0 Å². The van der Waals surface area contributed by atoms with Crippen LogP contribution in [0.5, 0.6) is 5.75 Å². The van der Waals surface area contributed by atoms with Gasteiger partial charge in [0.25, 0.3) is 0 Å². The number of hydrogen-bond acceptors (Lipinski definition) is 4. The van der Waals surface area contributed by atoms with Crippen molar-refractivity contribution in [1.82, 2.24) is 9.38 Å². The van der Waals surface area contributed by atoms with Gasteiger partial charge in [0.1, 0.15) is 16.3 Å². The Labute approximate surface area is 160 Å². The molecule has 0 unspecified atom stereocenters. The Morgan fingerprint density at radius 3 is 2.56 bits per heavy atom. The topological polar surface area (TPSA) is 63.8 Å². The molecule has 0 fully saturated rings. The molecule has 0 spiro atoms. The lowest BCUT2D eigenvalue weighted by Crippen LogP contribution is -2.05. The fourth-order valence-corrected chi connectivity index (χ4v) is 3.69. The highest BCUT2D eigenvalue weighted by molar-refractivity contribution is 7.12. The average molecular weight is 378 g/mol. The fraction of sp³-hybridized carbons (Fsp3) is 0.143. The second-order valence-electron chi connectivity index (χ2n) is 6.48. The van der Waals surface area contributed by atoms with E-state index in [1.807, 2.05) is 66.2 Å². The lowest BCUT2D eigenvalue weighted by Gasteiger charge is -2.10. The number of imidazole rings is 1. The van der Waals surface area contributed by atoms with Crippen LogP contribution in [0.3, 0.4) is 0 Å². The predicted molar refractivity (Wildman–Crippen MR) is 107 cm³/mol. The maximum absolute atomic E-state index is 11.1. The molecule has 6 heteroatoms. The molecule has 4 aromatic rings. The Balaban J connectivity index is 1.66. The molecule has 5 nitrogen and oxygen atoms in total. The monoisotopic (exact) mass is 378 g/mol. The number of benzene rings is 1. The van der Waals surface area contributed by atoms with Gasteiger partial charge in [-0.05, 0) is 55.3 Å². The minimum absolute atomic E-state index is 0.147. The van der Waals surface area contributed by atoms with Crippen LogP contribution < -0.4 is 4.74 Å². The number of aromatic carboxylic acids is 1. The van der Waals surface area contributed by atoms with Crippen molar-refractivity contribution < 1.29 is 14.6 Å². The molecule has 0 atom stereocenters. The van der Waals surface area contributed by atoms with E-state index < -0.39 is 5.97 Å². The van der Waals surface area contributed by atoms with Gasteiger partial charge in [0, 0.05) is 17.1 Å². The molecule has 1 aromatic carbocycles. The standard InChI is InChI=1S/C21H18N2O3S/c1-13(2)26-17-5-3-14(4-6-17)15-7-8-23-18(11-22-20(23)10-15)16-9-19(21(24)25)27-12-16/h3-13H,1-2H3,(H,24,25). The number of aromatic nitrogens is 2. The van der Waals surface area contributed by atoms with Crippen LogP contribution in [0.4, 0.5) is 0 Å². The van der Waals surface area contributed by atoms with Crippen molar-refractivity contribution in [2.45, 2.75) is 20.0 Å². The third kappa shape index (κ3) is 3.44. The van der Waals surface area contributed by atoms with E-state index in [9.17, 15) is 4.79 Å². The summed E-state index contributed by atoms with van der Waals surface area (Å²) in [5, 5.41) is 11.0. The van der Waals surface area contributed by atoms with E-state index in [-0.39, 0.29) is 6.10 Å². The van der Waals surface area contributed by atoms with Crippen molar-refractivity contribution in [3.8, 4) is 28.1 Å². The molecule has 0 amide bonds. The Hall–Kier alpha value is -3.12. The number of hydrogen-bond donors (Lipinski definition) is 1. The molecule has 0 radical (unpaired) electrons. The molecular formula is C21H18N2O3S. The fourth-order valence-electron chi connectivity index (χ4n) is 2.95. The number of rotatable bonds is 5. The molecule has 0 aliphatic carbocycles. The first-order valence-corrected chi connectivity index (χ1v) is 9.45. The summed E-state index contributed by atoms with van der Waals surface area (Å²) in [6.07, 6.45) is 3.88. The molecular weight excluding hydrogens is 360 g/mol. The second kappa shape index (κ2) is 6.89. The zero-order chi connectivity index (χ0) is 19.0. The number of nitrogens with zero attached hydrogens (tertiary/aromatic N) is 2. The number of fused-ring (bicyclic) bond motifs is 1. The number of carboxylic acid groups (broad SMARTS) is 1. The van der Waals surface area contributed by atoms with Gasteiger partial charge in [-0.25, -0.2) is 9.78 Å². The molecule has 1 N–H and O–H groups in total. The number of carboxylic acids is 1. The van der Waals surface area contributed by atoms with Gasteiger partial charge in [0.05, 0.1) is 18.0 Å². The van der Waals surface area contributed by atoms with E-state index >= 15 is 0 Å². The first-order chi connectivity index (χ1) is 13.0. The number of pyridine rings is 1. The summed E-state index contributed by atoms with van der Waals surface area (Å²) < 4.78 is 7.65. The zero-order valence-electron chi connectivity index (χ0n) is 14.9. The quantitative estimate of drug-likeness (QED) is 0.517. The summed E-state index contributed by atoms with van der Waals surface area (Å²) in [6, 6.07) is 13.7. The third-order valence-electron chi connectivity index (χ3n) is 4.18. The summed E-state index contributed by atoms with van der Waals surface area (Å²) in [4.78, 5) is 15.9. The van der Waals surface area contributed by atoms with Crippen LogP contribution in [-0.4, -0.2) is 26.6 Å². The average Bonchev–Trinajstić information content (AvgIpc) is 3.28. The van der Waals surface area contributed by atoms with E-state index in [4.69, 9.17) is 9.84 Å². The number of carbonyl (C=O) groups is 1. The minimum atomic E-state index is -0.910. The van der Waals surface area contributed by atoms with Crippen LogP contribution in [-0.2, 0) is 0 Å². The molecule has 27 heavy (non-hydrogen) atoms. The molecule has 136 valence electrons. The molecule has 0 saturated carbocycles. The maximum Gasteiger partial charge on any atom is 0.345 e. The van der Waals surface area contributed by atoms with Gasteiger partial charge < -0.3 is 9.84 Å². The number of thiophene rings is 1. The van der Waals surface area contributed by atoms with Crippen LogP contribution in [0.15, 0.2) is 60.2 Å². The largest absolute Gasteiger partial charge is 0.491 e. The van der Waals surface area contributed by atoms with Gasteiger partial charge in [-0.3, -0.25) is 4.40 Å². The Bertz CT molecular complexity index is 1110. The van der Waals surface area contributed by atoms with Crippen molar-refractivity contribution in [3.05, 3.63) is 65.1 Å². The zero-order valence-corrected chi connectivity index (χ0v) is 15.7. The Morgan fingerprint density at radius 2 is 1.89 bits per heavy atom. The lowest BCUT2D eigenvalue weighted by molar-refractivity contribution is 0.0702. The highest BCUT2D eigenvalue weighted by atomic mass is 32.1. The summed E-state index contributed by atoms with van der Waals surface area (Å²) in [5.41, 5.74) is 4.69. The highest BCUT2D eigenvalue weighted by Crippen LogP contribution is 2.29. The molecule has 3 heterocycles. The van der Waals surface area contributed by atoms with Crippen molar-refractivity contribution in [2.24, 2.45) is 0 Å². The summed E-state index contributed by atoms with van der Waals surface area (Å²) in [5.74, 6) is -0.0585. The van der Waals surface area contributed by atoms with Gasteiger partial charge in [-0.1, -0.05) is 12.1 Å². The van der Waals surface area contributed by atoms with Crippen molar-refractivity contribution in [2.75, 3.05) is 0 Å². The summed E-state index contributed by atoms with van der Waals surface area (Å²) >= 11 is 1.22. The highest BCUT2D eigenvalue weighted by Gasteiger charge is 2.12. The smallest absolute Gasteiger partial charge is 0.345 e. The van der Waals surface area contributed by atoms with Gasteiger partial charge in [0.2, 0.25) is 0 Å². The van der Waals surface area contributed by atoms with Crippen LogP contribution in [0, 0.1) is 0 Å². The first kappa shape index (κ1) is 17.3. The first-order valence-electron chi connectivity index (χ1n) is 8.57. The van der Waals surface area contributed by atoms with Gasteiger partial charge in [-0.2, -0.15) is 0 Å². The van der Waals surface area contributed by atoms with Gasteiger partial charge in [0.15, 0.2) is 0 Å². The Kier molecular flexibility index (Phi) is 4.41.